The van der Waals surface area contributed by atoms with E-state index in [-0.39, 0.29) is 44.1 Å². The number of aromatic carboxylic acids is 3. The molecule has 0 saturated heterocycles. The molecular formula is C63H50O7. The number of hydrogen-bond donors (Lipinski definition) is 4. The lowest BCUT2D eigenvalue weighted by molar-refractivity contribution is -0.0691. The predicted octanol–water partition coefficient (Wildman–Crippen LogP) is 14.4. The lowest BCUT2D eigenvalue weighted by atomic mass is 9.32. The highest BCUT2D eigenvalue weighted by Gasteiger charge is 2.69. The number of carbonyl (C=O) groups is 3. The van der Waals surface area contributed by atoms with Crippen LogP contribution in [0, 0.1) is 0 Å². The molecule has 0 radical (unpaired) electrons. The molecule has 7 heteroatoms. The molecule has 0 aliphatic heterocycles. The summed E-state index contributed by atoms with van der Waals surface area (Å²) in [6.45, 7) is 3.69. The van der Waals surface area contributed by atoms with Gasteiger partial charge in [-0.2, -0.15) is 0 Å². The van der Waals surface area contributed by atoms with Crippen LogP contribution < -0.4 is 0 Å². The van der Waals surface area contributed by atoms with Crippen LogP contribution in [-0.4, -0.2) is 38.3 Å². The third-order valence-electron chi connectivity index (χ3n) is 16.0. The van der Waals surface area contributed by atoms with Crippen LogP contribution >= 0.6 is 0 Å². The minimum atomic E-state index is -0.952. The molecule has 0 heterocycles. The van der Waals surface area contributed by atoms with E-state index in [0.717, 1.165) is 83.0 Å². The highest BCUT2D eigenvalue weighted by molar-refractivity contribution is 5.89. The maximum Gasteiger partial charge on any atom is 0.335 e. The lowest BCUT2D eigenvalue weighted by Crippen LogP contribution is -2.67. The Kier molecular flexibility index (Phi) is 10.6. The van der Waals surface area contributed by atoms with Gasteiger partial charge in [0, 0.05) is 5.56 Å². The van der Waals surface area contributed by atoms with Crippen LogP contribution in [-0.2, 0) is 21.7 Å². The van der Waals surface area contributed by atoms with Crippen molar-refractivity contribution in [2.45, 2.75) is 60.2 Å². The second-order valence-corrected chi connectivity index (χ2v) is 20.2. The van der Waals surface area contributed by atoms with Crippen LogP contribution in [0.3, 0.4) is 0 Å². The summed E-state index contributed by atoms with van der Waals surface area (Å²) in [4.78, 5) is 35.0. The molecule has 0 spiro atoms. The zero-order valence-corrected chi connectivity index (χ0v) is 38.4. The van der Waals surface area contributed by atoms with Crippen LogP contribution in [0.2, 0.25) is 0 Å². The van der Waals surface area contributed by atoms with E-state index < -0.39 is 17.9 Å². The van der Waals surface area contributed by atoms with E-state index in [1.54, 1.807) is 36.4 Å². The smallest absolute Gasteiger partial charge is 0.335 e. The summed E-state index contributed by atoms with van der Waals surface area (Å²) in [5.41, 5.74) is 13.8. The molecule has 0 aromatic heterocycles. The van der Waals surface area contributed by atoms with E-state index in [9.17, 15) is 34.8 Å². The van der Waals surface area contributed by atoms with Crippen molar-refractivity contribution in [1.82, 2.24) is 0 Å². The van der Waals surface area contributed by atoms with Crippen molar-refractivity contribution < 1.29 is 34.8 Å². The Hall–Kier alpha value is -8.29. The Bertz CT molecular complexity index is 2820. The molecule has 8 aromatic rings. The first-order valence-corrected chi connectivity index (χ1v) is 23.7. The van der Waals surface area contributed by atoms with Crippen molar-refractivity contribution in [2.24, 2.45) is 0 Å². The first kappa shape index (κ1) is 44.2. The van der Waals surface area contributed by atoms with Crippen molar-refractivity contribution in [2.75, 3.05) is 0 Å². The Labute approximate surface area is 406 Å². The molecule has 8 aromatic carbocycles. The van der Waals surface area contributed by atoms with Crippen LogP contribution in [0.5, 0.6) is 0 Å². The van der Waals surface area contributed by atoms with Gasteiger partial charge in [0.1, 0.15) is 5.76 Å². The molecule has 344 valence electrons. The number of hydrogen-bond acceptors (Lipinski definition) is 4. The van der Waals surface area contributed by atoms with E-state index in [1.165, 1.54) is 22.3 Å². The van der Waals surface area contributed by atoms with Crippen LogP contribution in [0.4, 0.5) is 0 Å². The fraction of sp³-hybridized carbons (Fsp3) is 0.159. The first-order chi connectivity index (χ1) is 33.7. The predicted molar refractivity (Wildman–Crippen MR) is 274 cm³/mol. The molecular weight excluding hydrogens is 869 g/mol. The van der Waals surface area contributed by atoms with Gasteiger partial charge in [-0.1, -0.05) is 164 Å². The molecule has 4 aliphatic rings. The van der Waals surface area contributed by atoms with E-state index in [1.807, 2.05) is 60.7 Å². The topological polar surface area (TPSA) is 132 Å². The maximum atomic E-state index is 11.7. The van der Waals surface area contributed by atoms with Crippen molar-refractivity contribution in [3.63, 3.8) is 0 Å². The number of carboxylic acids is 3. The Morgan fingerprint density at radius 1 is 0.271 bits per heavy atom. The number of rotatable bonds is 12. The van der Waals surface area contributed by atoms with Gasteiger partial charge in [0.2, 0.25) is 0 Å². The van der Waals surface area contributed by atoms with E-state index >= 15 is 0 Å². The molecule has 0 unspecified atom stereocenters. The first-order valence-electron chi connectivity index (χ1n) is 23.7. The minimum Gasteiger partial charge on any atom is -0.508 e. The zero-order chi connectivity index (χ0) is 48.4. The molecule has 0 atom stereocenters. The van der Waals surface area contributed by atoms with Crippen LogP contribution in [0.25, 0.3) is 50.3 Å². The van der Waals surface area contributed by atoms with Gasteiger partial charge >= 0.3 is 17.9 Å². The number of benzene rings is 8. The highest BCUT2D eigenvalue weighted by atomic mass is 16.4. The van der Waals surface area contributed by atoms with Crippen molar-refractivity contribution >= 4 is 23.7 Å². The fourth-order valence-electron chi connectivity index (χ4n) is 13.2. The molecule has 4 bridgehead atoms. The third-order valence-corrected chi connectivity index (χ3v) is 16.0. The normalized spacial score (nSPS) is 22.1. The second kappa shape index (κ2) is 16.7. The van der Waals surface area contributed by atoms with Gasteiger partial charge < -0.3 is 20.4 Å². The number of aliphatic hydroxyl groups excluding tert-OH is 1. The summed E-state index contributed by atoms with van der Waals surface area (Å²) in [7, 11) is 0. The van der Waals surface area contributed by atoms with E-state index in [2.05, 4.69) is 104 Å². The Morgan fingerprint density at radius 3 is 0.586 bits per heavy atom. The van der Waals surface area contributed by atoms with E-state index in [0.29, 0.717) is 5.56 Å². The van der Waals surface area contributed by atoms with Crippen molar-refractivity contribution in [1.29, 1.82) is 0 Å². The van der Waals surface area contributed by atoms with Gasteiger partial charge in [0.25, 0.3) is 0 Å². The van der Waals surface area contributed by atoms with Gasteiger partial charge in [-0.15, -0.1) is 0 Å². The maximum absolute atomic E-state index is 11.7. The SMILES string of the molecule is C=C(O)c1ccc(-c2ccc(C34CC5(c6ccc(-c7ccc(C(=O)O)cc7)cc6)CC(c6ccc(-c7ccc(C(=O)O)cc7)cc6)(C3)CC(c3ccc(-c6ccc(C(=O)O)cc6)cc3)(C4)C5)cc2)cc1. The molecule has 0 amide bonds. The summed E-state index contributed by atoms with van der Waals surface area (Å²) in [5, 5.41) is 38.7. The van der Waals surface area contributed by atoms with Crippen LogP contribution in [0.1, 0.15) is 97.4 Å². The van der Waals surface area contributed by atoms with Gasteiger partial charge in [-0.3, -0.25) is 0 Å². The summed E-state index contributed by atoms with van der Waals surface area (Å²) < 4.78 is 0. The highest BCUT2D eigenvalue weighted by Crippen LogP contribution is 2.75. The quantitative estimate of drug-likeness (QED) is 0.0897. The third kappa shape index (κ3) is 7.68. The fourth-order valence-corrected chi connectivity index (χ4v) is 13.2. The van der Waals surface area contributed by atoms with Crippen molar-refractivity contribution in [3.8, 4) is 44.5 Å². The molecule has 7 nitrogen and oxygen atoms in total. The zero-order valence-electron chi connectivity index (χ0n) is 38.4. The molecule has 12 rings (SSSR count). The molecule has 4 saturated carbocycles. The Balaban J connectivity index is 1.06. The average molecular weight is 919 g/mol. The Morgan fingerprint density at radius 2 is 0.429 bits per heavy atom. The molecule has 4 N–H and O–H groups in total. The van der Waals surface area contributed by atoms with Gasteiger partial charge in [0.15, 0.2) is 0 Å². The second-order valence-electron chi connectivity index (χ2n) is 20.2. The van der Waals surface area contributed by atoms with Crippen molar-refractivity contribution in [3.05, 3.63) is 245 Å². The lowest BCUT2D eigenvalue weighted by Gasteiger charge is -2.71. The molecule has 70 heavy (non-hydrogen) atoms. The van der Waals surface area contributed by atoms with Crippen LogP contribution in [0.15, 0.2) is 201 Å². The van der Waals surface area contributed by atoms with Gasteiger partial charge in [-0.05, 0) is 163 Å². The standard InChI is InChI=1S/C63H50O7/c1-40(64)41-2-4-42(5-3-41)46-18-26-53(27-19-46)60-34-61(54-28-20-47(21-29-54)43-6-12-50(13-7-43)57(65)66)37-62(35-60,55-30-22-48(23-31-55)44-8-14-51(15-9-44)58(67)68)39-63(36-60,38-61)56-32-24-49(25-33-56)45-10-16-52(17-11-45)59(69)70/h2-33,64H,1,34-39H2,(H,65,66)(H,67,68)(H,69,70). The summed E-state index contributed by atoms with van der Waals surface area (Å²) >= 11 is 0. The molecule has 4 fully saturated rings. The largest absolute Gasteiger partial charge is 0.508 e. The summed E-state index contributed by atoms with van der Waals surface area (Å²) in [6, 6.07) is 65.2. The number of carboxylic acid groups (broad SMARTS) is 3. The van der Waals surface area contributed by atoms with Gasteiger partial charge in [-0.25, -0.2) is 14.4 Å². The molecule has 4 aliphatic carbocycles. The monoisotopic (exact) mass is 918 g/mol. The van der Waals surface area contributed by atoms with Gasteiger partial charge in [0.05, 0.1) is 16.7 Å². The number of aliphatic hydroxyl groups is 1. The average Bonchev–Trinajstić information content (AvgIpc) is 3.38. The summed E-state index contributed by atoms with van der Waals surface area (Å²) in [6.07, 6.45) is 5.76. The minimum absolute atomic E-state index is 0.0395. The summed E-state index contributed by atoms with van der Waals surface area (Å²) in [5.74, 6) is -2.82. The van der Waals surface area contributed by atoms with E-state index in [4.69, 9.17) is 0 Å².